The molecule has 6 heteroatoms. The number of furan rings is 1. The van der Waals surface area contributed by atoms with Crippen molar-refractivity contribution in [2.75, 3.05) is 19.1 Å². The number of amidine groups is 1. The van der Waals surface area contributed by atoms with E-state index in [0.29, 0.717) is 17.5 Å². The van der Waals surface area contributed by atoms with E-state index in [9.17, 15) is 4.39 Å². The summed E-state index contributed by atoms with van der Waals surface area (Å²) >= 11 is 0. The number of halogens is 1. The van der Waals surface area contributed by atoms with E-state index in [-0.39, 0.29) is 5.82 Å². The standard InChI is InChI=1S/C23H18FN3O2/c1-27-21-16(13-26-23(27)14-4-3-8-25-12-14)10-15(11-20(21)28-2)17-5-6-19(24)18-7-9-29-22(17)18/h3-12H,13H2,1-2H3. The molecule has 29 heavy (non-hydrogen) atoms. The topological polar surface area (TPSA) is 50.9 Å². The first-order valence-electron chi connectivity index (χ1n) is 9.23. The fourth-order valence-corrected chi connectivity index (χ4v) is 3.89. The lowest BCUT2D eigenvalue weighted by Gasteiger charge is -2.30. The lowest BCUT2D eigenvalue weighted by atomic mass is 9.97. The maximum Gasteiger partial charge on any atom is 0.144 e. The molecule has 1 aliphatic rings. The minimum absolute atomic E-state index is 0.298. The highest BCUT2D eigenvalue weighted by Crippen LogP contribution is 2.41. The Morgan fingerprint density at radius 3 is 2.83 bits per heavy atom. The van der Waals surface area contributed by atoms with Crippen molar-refractivity contribution in [3.63, 3.8) is 0 Å². The molecular formula is C23H18FN3O2. The van der Waals surface area contributed by atoms with E-state index >= 15 is 0 Å². The van der Waals surface area contributed by atoms with Gasteiger partial charge in [0.25, 0.3) is 0 Å². The maximum absolute atomic E-state index is 14.1. The van der Waals surface area contributed by atoms with Gasteiger partial charge in [-0.05, 0) is 48.0 Å². The van der Waals surface area contributed by atoms with Gasteiger partial charge in [0.05, 0.1) is 31.0 Å². The molecule has 0 unspecified atom stereocenters. The van der Waals surface area contributed by atoms with Gasteiger partial charge in [0.15, 0.2) is 0 Å². The van der Waals surface area contributed by atoms with Crippen molar-refractivity contribution in [3.05, 3.63) is 78.1 Å². The number of benzene rings is 2. The normalized spacial score (nSPS) is 13.3. The van der Waals surface area contributed by atoms with Gasteiger partial charge < -0.3 is 14.1 Å². The number of aromatic nitrogens is 1. The first kappa shape index (κ1) is 17.4. The molecule has 0 fully saturated rings. The Bertz CT molecular complexity index is 1250. The molecule has 0 spiro atoms. The molecular weight excluding hydrogens is 369 g/mol. The molecule has 5 nitrogen and oxygen atoms in total. The van der Waals surface area contributed by atoms with Gasteiger partial charge in [-0.2, -0.15) is 0 Å². The highest BCUT2D eigenvalue weighted by Gasteiger charge is 2.25. The third-order valence-electron chi connectivity index (χ3n) is 5.22. The number of nitrogens with zero attached hydrogens (tertiary/aromatic N) is 3. The van der Waals surface area contributed by atoms with E-state index in [4.69, 9.17) is 14.1 Å². The Labute approximate surface area is 167 Å². The van der Waals surface area contributed by atoms with E-state index in [0.717, 1.165) is 39.5 Å². The summed E-state index contributed by atoms with van der Waals surface area (Å²) in [5.74, 6) is 1.26. The monoisotopic (exact) mass is 387 g/mol. The Kier molecular flexibility index (Phi) is 4.05. The fraction of sp³-hybridized carbons (Fsp3) is 0.130. The van der Waals surface area contributed by atoms with E-state index < -0.39 is 0 Å². The van der Waals surface area contributed by atoms with Crippen LogP contribution in [0.2, 0.25) is 0 Å². The maximum atomic E-state index is 14.1. The summed E-state index contributed by atoms with van der Waals surface area (Å²) < 4.78 is 25.4. The zero-order valence-electron chi connectivity index (χ0n) is 16.0. The van der Waals surface area contributed by atoms with Gasteiger partial charge in [-0.15, -0.1) is 0 Å². The fourth-order valence-electron chi connectivity index (χ4n) is 3.89. The second-order valence-corrected chi connectivity index (χ2v) is 6.89. The van der Waals surface area contributed by atoms with Crippen molar-refractivity contribution in [1.82, 2.24) is 4.98 Å². The number of anilines is 1. The third kappa shape index (κ3) is 2.76. The Morgan fingerprint density at radius 1 is 1.14 bits per heavy atom. The number of hydrogen-bond acceptors (Lipinski definition) is 5. The molecule has 144 valence electrons. The van der Waals surface area contributed by atoms with Crippen molar-refractivity contribution in [3.8, 4) is 16.9 Å². The largest absolute Gasteiger partial charge is 0.495 e. The lowest BCUT2D eigenvalue weighted by Crippen LogP contribution is -2.31. The Hall–Kier alpha value is -3.67. The molecule has 1 aliphatic heterocycles. The summed E-state index contributed by atoms with van der Waals surface area (Å²) in [7, 11) is 3.62. The van der Waals surface area contributed by atoms with E-state index in [2.05, 4.69) is 11.1 Å². The zero-order chi connectivity index (χ0) is 20.0. The van der Waals surface area contributed by atoms with Crippen LogP contribution in [0.1, 0.15) is 11.1 Å². The molecule has 0 radical (unpaired) electrons. The minimum Gasteiger partial charge on any atom is -0.495 e. The van der Waals surface area contributed by atoms with Crippen molar-refractivity contribution >= 4 is 22.5 Å². The molecule has 2 aromatic heterocycles. The average Bonchev–Trinajstić information content (AvgIpc) is 3.25. The van der Waals surface area contributed by atoms with Crippen LogP contribution < -0.4 is 9.64 Å². The number of aliphatic imine (C=N–C) groups is 1. The van der Waals surface area contributed by atoms with Crippen LogP contribution in [0.25, 0.3) is 22.1 Å². The predicted molar refractivity (Wildman–Crippen MR) is 111 cm³/mol. The second-order valence-electron chi connectivity index (χ2n) is 6.89. The van der Waals surface area contributed by atoms with Crippen molar-refractivity contribution in [2.45, 2.75) is 6.54 Å². The smallest absolute Gasteiger partial charge is 0.144 e. The molecule has 0 saturated carbocycles. The molecule has 0 N–H and O–H groups in total. The number of fused-ring (bicyclic) bond motifs is 2. The summed E-state index contributed by atoms with van der Waals surface area (Å²) in [5.41, 5.74) is 5.17. The van der Waals surface area contributed by atoms with Crippen molar-refractivity contribution < 1.29 is 13.5 Å². The number of ether oxygens (including phenoxy) is 1. The van der Waals surface area contributed by atoms with Crippen LogP contribution in [-0.4, -0.2) is 25.0 Å². The molecule has 0 saturated heterocycles. The number of rotatable bonds is 3. The molecule has 5 rings (SSSR count). The number of pyridine rings is 1. The van der Waals surface area contributed by atoms with Gasteiger partial charge in [0.1, 0.15) is 23.0 Å². The van der Waals surface area contributed by atoms with E-state index in [1.54, 1.807) is 31.6 Å². The van der Waals surface area contributed by atoms with Crippen LogP contribution in [0.4, 0.5) is 10.1 Å². The molecule has 0 aliphatic carbocycles. The highest BCUT2D eigenvalue weighted by atomic mass is 19.1. The highest BCUT2D eigenvalue weighted by molar-refractivity contribution is 6.11. The predicted octanol–water partition coefficient (Wildman–Crippen LogP) is 5.04. The van der Waals surface area contributed by atoms with Gasteiger partial charge in [0, 0.05) is 36.1 Å². The summed E-state index contributed by atoms with van der Waals surface area (Å²) in [6.07, 6.45) is 5.05. The Morgan fingerprint density at radius 2 is 2.03 bits per heavy atom. The molecule has 2 aromatic carbocycles. The van der Waals surface area contributed by atoms with Crippen molar-refractivity contribution in [2.24, 2.45) is 4.99 Å². The van der Waals surface area contributed by atoms with E-state index in [1.807, 2.05) is 30.1 Å². The van der Waals surface area contributed by atoms with Crippen LogP contribution in [0, 0.1) is 5.82 Å². The summed E-state index contributed by atoms with van der Waals surface area (Å²) in [4.78, 5) is 11.0. The molecule has 0 bridgehead atoms. The third-order valence-corrected chi connectivity index (χ3v) is 5.22. The summed E-state index contributed by atoms with van der Waals surface area (Å²) in [5, 5.41) is 0.466. The first-order chi connectivity index (χ1) is 14.2. The summed E-state index contributed by atoms with van der Waals surface area (Å²) in [6, 6.07) is 12.7. The number of methoxy groups -OCH3 is 1. The zero-order valence-corrected chi connectivity index (χ0v) is 16.0. The molecule has 0 amide bonds. The van der Waals surface area contributed by atoms with E-state index in [1.165, 1.54) is 12.3 Å². The van der Waals surface area contributed by atoms with Crippen LogP contribution in [-0.2, 0) is 6.54 Å². The summed E-state index contributed by atoms with van der Waals surface area (Å²) in [6.45, 7) is 0.511. The van der Waals surface area contributed by atoms with Gasteiger partial charge in [-0.25, -0.2) is 4.39 Å². The van der Waals surface area contributed by atoms with Crippen LogP contribution >= 0.6 is 0 Å². The molecule has 4 aromatic rings. The van der Waals surface area contributed by atoms with Gasteiger partial charge in [-0.1, -0.05) is 0 Å². The quantitative estimate of drug-likeness (QED) is 0.494. The van der Waals surface area contributed by atoms with Gasteiger partial charge in [-0.3, -0.25) is 9.98 Å². The van der Waals surface area contributed by atoms with Crippen LogP contribution in [0.5, 0.6) is 5.75 Å². The average molecular weight is 387 g/mol. The van der Waals surface area contributed by atoms with Crippen LogP contribution in [0.15, 0.2) is 70.5 Å². The lowest BCUT2D eigenvalue weighted by molar-refractivity contribution is 0.415. The van der Waals surface area contributed by atoms with Crippen LogP contribution in [0.3, 0.4) is 0 Å². The van der Waals surface area contributed by atoms with Crippen molar-refractivity contribution in [1.29, 1.82) is 0 Å². The second kappa shape index (κ2) is 6.74. The number of hydrogen-bond donors (Lipinski definition) is 0. The minimum atomic E-state index is -0.298. The SMILES string of the molecule is COc1cc(-c2ccc(F)c3ccoc23)cc2c1N(C)C(c1cccnc1)=NC2. The van der Waals surface area contributed by atoms with Gasteiger partial charge >= 0.3 is 0 Å². The first-order valence-corrected chi connectivity index (χ1v) is 9.23. The molecule has 0 atom stereocenters. The van der Waals surface area contributed by atoms with Gasteiger partial charge in [0.2, 0.25) is 0 Å². The Balaban J connectivity index is 1.65. The molecule has 3 heterocycles.